The Morgan fingerprint density at radius 3 is 2.17 bits per heavy atom. The zero-order valence-electron chi connectivity index (χ0n) is 15.6. The predicted octanol–water partition coefficient (Wildman–Crippen LogP) is 1.80. The molecule has 0 saturated carbocycles. The second-order valence-electron chi connectivity index (χ2n) is 5.75. The third kappa shape index (κ3) is 8.33. The van der Waals surface area contributed by atoms with Gasteiger partial charge >= 0.3 is 5.97 Å². The van der Waals surface area contributed by atoms with Gasteiger partial charge in [0.15, 0.2) is 5.44 Å². The molecule has 0 aliphatic heterocycles. The predicted molar refractivity (Wildman–Crippen MR) is 149 cm³/mol. The Kier molecular flexibility index (Phi) is 11.9. The number of esters is 1. The number of thiol groups is 1. The van der Waals surface area contributed by atoms with Crippen LogP contribution in [0.4, 0.5) is 0 Å². The number of ether oxygens (including phenoxy) is 3. The second kappa shape index (κ2) is 12.4. The van der Waals surface area contributed by atoms with Crippen LogP contribution in [0.2, 0.25) is 0 Å². The van der Waals surface area contributed by atoms with E-state index in [-0.39, 0.29) is 25.4 Å². The summed E-state index contributed by atoms with van der Waals surface area (Å²) in [5, 5.41) is 4.89. The zero-order chi connectivity index (χ0) is 23.2. The molecule has 1 rings (SSSR count). The Bertz CT molecular complexity index is 1060. The minimum Gasteiger partial charge on any atom is -0.490 e. The first-order valence-corrected chi connectivity index (χ1v) is 20.6. The number of benzene rings is 1. The molecule has 2 atom stereocenters. The van der Waals surface area contributed by atoms with E-state index in [1.165, 1.54) is 6.92 Å². The van der Waals surface area contributed by atoms with Crippen molar-refractivity contribution in [2.75, 3.05) is 19.8 Å². The van der Waals surface area contributed by atoms with Crippen molar-refractivity contribution < 1.29 is 24.1 Å². The molecule has 0 bridgehead atoms. The molecule has 0 saturated heterocycles. The van der Waals surface area contributed by atoms with E-state index in [9.17, 15) is 9.90 Å². The summed E-state index contributed by atoms with van der Waals surface area (Å²) in [5.41, 5.74) is -0.699. The van der Waals surface area contributed by atoms with Crippen LogP contribution in [0.5, 0.6) is 5.75 Å². The van der Waals surface area contributed by atoms with Gasteiger partial charge in [-0.2, -0.15) is 0 Å². The van der Waals surface area contributed by atoms with Crippen LogP contribution in [0.1, 0.15) is 6.92 Å². The fraction of sp³-hybridized carbons (Fsp3) is 0.400. The maximum absolute atomic E-state index is 11.5. The molecular weight excluding hydrogens is 581 g/mol. The van der Waals surface area contributed by atoms with Crippen LogP contribution >= 0.6 is 11.7 Å². The molecule has 2 unspecified atom stereocenters. The molecule has 1 aromatic carbocycles. The monoisotopic (exact) mass is 600 g/mol. The van der Waals surface area contributed by atoms with E-state index in [2.05, 4.69) is 18.2 Å². The summed E-state index contributed by atoms with van der Waals surface area (Å²) in [4.78, 5) is 11.5. The highest BCUT2D eigenvalue weighted by Gasteiger charge is 2.31. The van der Waals surface area contributed by atoms with Gasteiger partial charge in [-0.25, -0.2) is 4.79 Å². The second-order valence-corrected chi connectivity index (χ2v) is 35.6. The van der Waals surface area contributed by atoms with E-state index in [0.29, 0.717) is 5.75 Å². The molecule has 1 aromatic rings. The molecule has 30 heavy (non-hydrogen) atoms. The third-order valence-electron chi connectivity index (χ3n) is 3.22. The van der Waals surface area contributed by atoms with Gasteiger partial charge in [0, 0.05) is 22.2 Å². The SMILES string of the molecule is C=C(C)C(=O)OCC(O)COC(COc1ccccc1)S(=S)(=S)S(=S)(=S)S(=S)(=S)S. The molecule has 0 aromatic heterocycles. The van der Waals surface area contributed by atoms with Crippen molar-refractivity contribution in [3.05, 3.63) is 42.5 Å². The minimum absolute atomic E-state index is 0.0549. The third-order valence-corrected chi connectivity index (χ3v) is 43.1. The molecule has 0 heterocycles. The van der Waals surface area contributed by atoms with Gasteiger partial charge in [0.25, 0.3) is 0 Å². The summed E-state index contributed by atoms with van der Waals surface area (Å²) in [7, 11) is 0. The first-order chi connectivity index (χ1) is 13.7. The first-order valence-electron chi connectivity index (χ1n) is 7.96. The van der Waals surface area contributed by atoms with Crippen molar-refractivity contribution in [1.29, 1.82) is 0 Å². The fourth-order valence-corrected chi connectivity index (χ4v) is 27.6. The van der Waals surface area contributed by atoms with Gasteiger partial charge in [-0.1, -0.05) is 36.4 Å². The number of hydrogen-bond donors (Lipinski definition) is 2. The number of carbonyl (C=O) groups is 1. The van der Waals surface area contributed by atoms with Gasteiger partial charge in [0.1, 0.15) is 25.1 Å². The molecule has 0 spiro atoms. The van der Waals surface area contributed by atoms with Crippen LogP contribution in [-0.4, -0.2) is 42.4 Å². The molecule has 15 heteroatoms. The summed E-state index contributed by atoms with van der Waals surface area (Å²) >= 11 is 37.1. The average molecular weight is 601 g/mol. The lowest BCUT2D eigenvalue weighted by atomic mass is 10.3. The fourth-order valence-electron chi connectivity index (χ4n) is 1.71. The van der Waals surface area contributed by atoms with Crippen molar-refractivity contribution in [3.63, 3.8) is 0 Å². The normalized spacial score (nSPS) is 14.5. The van der Waals surface area contributed by atoms with Gasteiger partial charge < -0.3 is 19.3 Å². The van der Waals surface area contributed by atoms with Crippen molar-refractivity contribution in [1.82, 2.24) is 0 Å². The first kappa shape index (κ1) is 28.9. The zero-order valence-corrected chi connectivity index (χ0v) is 23.8. The number of para-hydroxylation sites is 1. The Balaban J connectivity index is 3.01. The van der Waals surface area contributed by atoms with Crippen LogP contribution in [0, 0.1) is 0 Å². The van der Waals surface area contributed by atoms with E-state index in [4.69, 9.17) is 81.3 Å². The minimum atomic E-state index is -2.72. The molecular formula is C15H20O5S10. The summed E-state index contributed by atoms with van der Waals surface area (Å²) in [6.45, 7) is 4.38. The van der Waals surface area contributed by atoms with Gasteiger partial charge in [-0.05, 0) is 86.2 Å². The van der Waals surface area contributed by atoms with Crippen LogP contribution in [0.25, 0.3) is 0 Å². The van der Waals surface area contributed by atoms with Crippen LogP contribution in [0.3, 0.4) is 0 Å². The molecule has 170 valence electrons. The van der Waals surface area contributed by atoms with Crippen molar-refractivity contribution in [2.45, 2.75) is 18.5 Å². The average Bonchev–Trinajstić information content (AvgIpc) is 2.65. The topological polar surface area (TPSA) is 65.0 Å². The highest BCUT2D eigenvalue weighted by molar-refractivity contribution is 9.46. The molecule has 1 N–H and O–H groups in total. The Hall–Kier alpha value is 0.870. The van der Waals surface area contributed by atoms with Crippen LogP contribution < -0.4 is 4.74 Å². The standard InChI is InChI=1S/C15H20O5S10/c1-11(2)15(17)20-9-12(16)8-19-14(10-18-13-6-4-3-5-7-13)28(21,22)30(26,27)29(23,24)25/h3-7,12,14,16H,1,8-10H2,2H3,(H,23,24,25). The number of aliphatic hydroxyl groups excluding tert-OH is 1. The number of carbonyl (C=O) groups excluding carboxylic acids is 1. The van der Waals surface area contributed by atoms with Crippen LogP contribution in [0.15, 0.2) is 42.5 Å². The lowest BCUT2D eigenvalue weighted by molar-refractivity contribution is -0.143. The van der Waals surface area contributed by atoms with E-state index >= 15 is 0 Å². The van der Waals surface area contributed by atoms with Gasteiger partial charge in [-0.3, -0.25) is 0 Å². The molecule has 5 nitrogen and oxygen atoms in total. The van der Waals surface area contributed by atoms with Crippen LogP contribution in [-0.2, 0) is 98.0 Å². The molecule has 0 radical (unpaired) electrons. The van der Waals surface area contributed by atoms with E-state index in [1.807, 2.05) is 6.07 Å². The molecule has 0 aliphatic carbocycles. The quantitative estimate of drug-likeness (QED) is 0.160. The number of hydrogen-bond acceptors (Lipinski definition) is 11. The maximum Gasteiger partial charge on any atom is 0.333 e. The molecule has 0 aliphatic rings. The molecule has 0 fully saturated rings. The lowest BCUT2D eigenvalue weighted by Gasteiger charge is -2.28. The highest BCUT2D eigenvalue weighted by Crippen LogP contribution is 2.26. The Labute approximate surface area is 210 Å². The van der Waals surface area contributed by atoms with Crippen molar-refractivity contribution in [2.24, 2.45) is 0 Å². The van der Waals surface area contributed by atoms with Crippen molar-refractivity contribution in [3.8, 4) is 5.75 Å². The Morgan fingerprint density at radius 1 is 1.10 bits per heavy atom. The highest BCUT2D eigenvalue weighted by atomic mass is 34.1. The lowest BCUT2D eigenvalue weighted by Crippen LogP contribution is -2.37. The number of rotatable bonds is 12. The van der Waals surface area contributed by atoms with E-state index < -0.39 is 34.1 Å². The Morgan fingerprint density at radius 2 is 1.67 bits per heavy atom. The van der Waals surface area contributed by atoms with Crippen molar-refractivity contribution >= 4 is 101 Å². The maximum atomic E-state index is 11.5. The summed E-state index contributed by atoms with van der Waals surface area (Å²) in [5.74, 6) is -0.0532. The number of aliphatic hydroxyl groups is 1. The van der Waals surface area contributed by atoms with Gasteiger partial charge in [-0.15, -0.1) is 0 Å². The smallest absolute Gasteiger partial charge is 0.333 e. The largest absolute Gasteiger partial charge is 0.490 e. The summed E-state index contributed by atoms with van der Waals surface area (Å²) in [6, 6.07) is 8.95. The van der Waals surface area contributed by atoms with Gasteiger partial charge in [0.2, 0.25) is 0 Å². The van der Waals surface area contributed by atoms with E-state index in [1.54, 1.807) is 24.3 Å². The summed E-state index contributed by atoms with van der Waals surface area (Å²) < 4.78 is 16.4. The van der Waals surface area contributed by atoms with E-state index in [0.717, 1.165) is 0 Å². The summed E-state index contributed by atoms with van der Waals surface area (Å²) in [6.07, 6.45) is -3.85. The van der Waals surface area contributed by atoms with Gasteiger partial charge in [0.05, 0.1) is 6.61 Å². The molecule has 0 amide bonds.